The number of hydrogen-bond donors (Lipinski definition) is 2. The highest BCUT2D eigenvalue weighted by Crippen LogP contribution is 2.26. The van der Waals surface area contributed by atoms with Gasteiger partial charge in [-0.3, -0.25) is 9.58 Å². The van der Waals surface area contributed by atoms with Gasteiger partial charge in [0.15, 0.2) is 0 Å². The number of methoxy groups -OCH3 is 1. The van der Waals surface area contributed by atoms with Gasteiger partial charge in [-0.2, -0.15) is 5.10 Å². The largest absolute Gasteiger partial charge is 0.480 e. The number of aliphatic hydroxyl groups excluding tert-OH is 1. The zero-order chi connectivity index (χ0) is 22.5. The fourth-order valence-electron chi connectivity index (χ4n) is 3.74. The first-order valence-corrected chi connectivity index (χ1v) is 10.4. The minimum Gasteiger partial charge on any atom is -0.480 e. The van der Waals surface area contributed by atoms with Crippen LogP contribution < -0.4 is 9.47 Å². The van der Waals surface area contributed by atoms with E-state index in [0.717, 1.165) is 28.1 Å². The van der Waals surface area contributed by atoms with E-state index in [1.54, 1.807) is 16.5 Å². The summed E-state index contributed by atoms with van der Waals surface area (Å²) in [5.74, 6) is 1.15. The van der Waals surface area contributed by atoms with Crippen LogP contribution in [0.15, 0.2) is 17.7 Å². The van der Waals surface area contributed by atoms with Gasteiger partial charge < -0.3 is 20.0 Å². The first kappa shape index (κ1) is 22.8. The maximum atomic E-state index is 9.47. The number of likely N-dealkylation sites (N-methyl/N-ethyl adjacent to an activating group) is 1. The first-order valence-electron chi connectivity index (χ1n) is 10.4. The number of nitrogens with one attached hydrogen (secondary N) is 1. The summed E-state index contributed by atoms with van der Waals surface area (Å²) < 4.78 is 15.1. The lowest BCUT2D eigenvalue weighted by Gasteiger charge is -2.18. The van der Waals surface area contributed by atoms with E-state index in [0.29, 0.717) is 50.1 Å². The fourth-order valence-corrected chi connectivity index (χ4v) is 3.74. The van der Waals surface area contributed by atoms with Crippen LogP contribution in [0.4, 0.5) is 0 Å². The third-order valence-corrected chi connectivity index (χ3v) is 5.26. The molecule has 3 heterocycles. The number of allylic oxidation sites excluding steroid dienone is 3. The highest BCUT2D eigenvalue weighted by molar-refractivity contribution is 6.09. The van der Waals surface area contributed by atoms with E-state index in [1.807, 2.05) is 40.1 Å². The van der Waals surface area contributed by atoms with Gasteiger partial charge in [0.25, 0.3) is 0 Å². The Morgan fingerprint density at radius 1 is 1.26 bits per heavy atom. The minimum absolute atomic E-state index is 0.000386. The Labute approximate surface area is 183 Å². The number of ether oxygens (including phenoxy) is 2. The zero-order valence-corrected chi connectivity index (χ0v) is 19.0. The van der Waals surface area contributed by atoms with Gasteiger partial charge in [-0.05, 0) is 33.4 Å². The van der Waals surface area contributed by atoms with Crippen molar-refractivity contribution < 1.29 is 14.6 Å². The molecule has 0 atom stereocenters. The molecular weight excluding hydrogens is 396 g/mol. The molecule has 2 N–H and O–H groups in total. The van der Waals surface area contributed by atoms with Crippen LogP contribution in [0.25, 0.3) is 6.08 Å². The maximum absolute atomic E-state index is 9.47. The zero-order valence-electron chi connectivity index (χ0n) is 19.0. The highest BCUT2D eigenvalue weighted by atomic mass is 16.5. The van der Waals surface area contributed by atoms with Gasteiger partial charge in [0.2, 0.25) is 11.8 Å². The molecule has 0 saturated heterocycles. The number of aromatic nitrogens is 4. The van der Waals surface area contributed by atoms with Crippen molar-refractivity contribution in [2.75, 3.05) is 33.9 Å². The van der Waals surface area contributed by atoms with Gasteiger partial charge in [-0.1, -0.05) is 17.7 Å². The molecule has 0 aromatic carbocycles. The van der Waals surface area contributed by atoms with Crippen LogP contribution in [0.3, 0.4) is 0 Å². The molecule has 2 aromatic rings. The molecule has 0 spiro atoms. The van der Waals surface area contributed by atoms with E-state index in [1.165, 1.54) is 0 Å². The number of fused-ring (bicyclic) bond motifs is 2. The summed E-state index contributed by atoms with van der Waals surface area (Å²) in [6.45, 7) is 6.05. The molecule has 0 fully saturated rings. The lowest BCUT2D eigenvalue weighted by molar-refractivity contribution is 0.214. The van der Waals surface area contributed by atoms with Crippen LogP contribution in [0.2, 0.25) is 0 Å². The molecule has 0 unspecified atom stereocenters. The molecule has 9 nitrogen and oxygen atoms in total. The van der Waals surface area contributed by atoms with Crippen LogP contribution >= 0.6 is 0 Å². The molecule has 0 amide bonds. The average Bonchev–Trinajstić information content (AvgIpc) is 3.17. The van der Waals surface area contributed by atoms with Gasteiger partial charge in [0, 0.05) is 20.1 Å². The summed E-state index contributed by atoms with van der Waals surface area (Å²) in [5, 5.41) is 27.0. The second-order valence-corrected chi connectivity index (χ2v) is 7.80. The van der Waals surface area contributed by atoms with Crippen LogP contribution in [0, 0.1) is 12.3 Å². The van der Waals surface area contributed by atoms with Crippen molar-refractivity contribution >= 4 is 11.8 Å². The Morgan fingerprint density at radius 2 is 2.03 bits per heavy atom. The van der Waals surface area contributed by atoms with Gasteiger partial charge in [0.05, 0.1) is 48.5 Å². The number of nitrogens with zero attached hydrogens (tertiary/aromatic N) is 5. The smallest absolute Gasteiger partial charge is 0.240 e. The van der Waals surface area contributed by atoms with Crippen LogP contribution in [0.1, 0.15) is 35.9 Å². The van der Waals surface area contributed by atoms with E-state index in [9.17, 15) is 5.11 Å². The van der Waals surface area contributed by atoms with Crippen molar-refractivity contribution in [2.24, 2.45) is 7.05 Å². The normalized spacial score (nSPS) is 18.8. The molecule has 0 aliphatic carbocycles. The van der Waals surface area contributed by atoms with E-state index in [4.69, 9.17) is 14.9 Å². The van der Waals surface area contributed by atoms with Crippen molar-refractivity contribution in [2.45, 2.75) is 33.4 Å². The lowest BCUT2D eigenvalue weighted by atomic mass is 10.1. The molecule has 1 aliphatic heterocycles. The second kappa shape index (κ2) is 9.93. The summed E-state index contributed by atoms with van der Waals surface area (Å²) in [7, 11) is 5.45. The summed E-state index contributed by atoms with van der Waals surface area (Å²) in [6.07, 6.45) is 6.61. The highest BCUT2D eigenvalue weighted by Gasteiger charge is 2.20. The van der Waals surface area contributed by atoms with Crippen LogP contribution in [-0.2, 0) is 20.1 Å². The SMILES string of the molecule is COc1nn(CCO)c2c1/C=C/C/C(C)=C/C(=N)c1c(C)nn(C)c1OCCN(C)C2. The quantitative estimate of drug-likeness (QED) is 0.777. The molecule has 0 saturated carbocycles. The molecule has 2 aromatic heterocycles. The van der Waals surface area contributed by atoms with Crippen LogP contribution in [0.5, 0.6) is 11.8 Å². The summed E-state index contributed by atoms with van der Waals surface area (Å²) in [4.78, 5) is 2.14. The summed E-state index contributed by atoms with van der Waals surface area (Å²) in [6, 6.07) is 0. The van der Waals surface area contributed by atoms with Crippen molar-refractivity contribution in [1.29, 1.82) is 5.41 Å². The van der Waals surface area contributed by atoms with E-state index < -0.39 is 0 Å². The third-order valence-electron chi connectivity index (χ3n) is 5.26. The van der Waals surface area contributed by atoms with E-state index in [-0.39, 0.29) is 6.61 Å². The Hall–Kier alpha value is -2.91. The number of aryl methyl sites for hydroxylation is 2. The van der Waals surface area contributed by atoms with Crippen molar-refractivity contribution in [1.82, 2.24) is 24.5 Å². The molecular formula is C22H32N6O3. The predicted octanol–water partition coefficient (Wildman–Crippen LogP) is 2.17. The van der Waals surface area contributed by atoms with Gasteiger partial charge in [0.1, 0.15) is 6.61 Å². The van der Waals surface area contributed by atoms with E-state index >= 15 is 0 Å². The second-order valence-electron chi connectivity index (χ2n) is 7.80. The average molecular weight is 429 g/mol. The standard InChI is InChI=1S/C22H32N6O3/c1-15-7-6-8-17-19(28(9-11-29)25-21(17)30-5)14-26(3)10-12-31-22-20(18(23)13-15)16(2)24-27(22)4/h6,8,13,23,29H,7,9-12,14H2,1-5H3/b8-6+,15-13+,23-18?. The fraction of sp³-hybridized carbons (Fsp3) is 0.500. The molecule has 0 bridgehead atoms. The van der Waals surface area contributed by atoms with Crippen LogP contribution in [-0.4, -0.2) is 69.2 Å². The Kier molecular flexibility index (Phi) is 7.29. The summed E-state index contributed by atoms with van der Waals surface area (Å²) in [5.41, 5.74) is 4.83. The number of hydrogen-bond acceptors (Lipinski definition) is 7. The van der Waals surface area contributed by atoms with Crippen molar-refractivity contribution in [3.05, 3.63) is 40.2 Å². The van der Waals surface area contributed by atoms with E-state index in [2.05, 4.69) is 21.2 Å². The minimum atomic E-state index is 0.000386. The lowest BCUT2D eigenvalue weighted by Crippen LogP contribution is -2.26. The number of aliphatic hydroxyl groups is 1. The topological polar surface area (TPSA) is 101 Å². The molecule has 168 valence electrons. The van der Waals surface area contributed by atoms with Crippen molar-refractivity contribution in [3.63, 3.8) is 0 Å². The Balaban J connectivity index is 2.00. The molecule has 0 radical (unpaired) electrons. The third kappa shape index (κ3) is 5.05. The Bertz CT molecular complexity index is 1000. The monoisotopic (exact) mass is 428 g/mol. The molecule has 31 heavy (non-hydrogen) atoms. The molecule has 3 rings (SSSR count). The van der Waals surface area contributed by atoms with Gasteiger partial charge in [-0.15, -0.1) is 5.10 Å². The molecule has 1 aliphatic rings. The predicted molar refractivity (Wildman–Crippen MR) is 120 cm³/mol. The molecule has 9 heteroatoms. The Morgan fingerprint density at radius 3 is 2.74 bits per heavy atom. The van der Waals surface area contributed by atoms with Gasteiger partial charge in [-0.25, -0.2) is 4.68 Å². The maximum Gasteiger partial charge on any atom is 0.240 e. The van der Waals surface area contributed by atoms with Gasteiger partial charge >= 0.3 is 0 Å². The first-order chi connectivity index (χ1) is 14.8. The van der Waals surface area contributed by atoms with Crippen molar-refractivity contribution in [3.8, 4) is 11.8 Å². The summed E-state index contributed by atoms with van der Waals surface area (Å²) >= 11 is 0. The number of rotatable bonds is 3.